The number of carbonyl (C=O) groups is 1. The summed E-state index contributed by atoms with van der Waals surface area (Å²) in [7, 11) is 0. The predicted molar refractivity (Wildman–Crippen MR) is 57.6 cm³/mol. The number of halogens is 4. The smallest absolute Gasteiger partial charge is 0.390 e. The van der Waals surface area contributed by atoms with E-state index in [0.29, 0.717) is 0 Å². The molecular weight excluding hydrogens is 252 g/mol. The minimum atomic E-state index is -4.58. The van der Waals surface area contributed by atoms with Gasteiger partial charge in [-0.1, -0.05) is 30.8 Å². The monoisotopic (exact) mass is 262 g/mol. The van der Waals surface area contributed by atoms with Crippen molar-refractivity contribution in [2.45, 2.75) is 18.5 Å². The zero-order valence-corrected chi connectivity index (χ0v) is 9.17. The van der Waals surface area contributed by atoms with Crippen LogP contribution >= 0.6 is 0 Å². The van der Waals surface area contributed by atoms with E-state index in [-0.39, 0.29) is 11.1 Å². The molecule has 0 spiro atoms. The van der Waals surface area contributed by atoms with Crippen molar-refractivity contribution in [1.29, 1.82) is 0 Å². The molecule has 1 atom stereocenters. The minimum absolute atomic E-state index is 0.0233. The van der Waals surface area contributed by atoms with Gasteiger partial charge < -0.3 is 5.11 Å². The summed E-state index contributed by atoms with van der Waals surface area (Å²) in [5, 5.41) is 8.78. The number of hydrogen-bond donors (Lipinski definition) is 1. The molecule has 0 aromatic heterocycles. The molecule has 1 aromatic rings. The Kier molecular flexibility index (Phi) is 4.11. The molecule has 0 radical (unpaired) electrons. The maximum Gasteiger partial charge on any atom is 0.390 e. The van der Waals surface area contributed by atoms with Crippen LogP contribution < -0.4 is 0 Å². The van der Waals surface area contributed by atoms with Crippen molar-refractivity contribution in [3.63, 3.8) is 0 Å². The molecule has 1 unspecified atom stereocenters. The summed E-state index contributed by atoms with van der Waals surface area (Å²) in [6.45, 7) is 3.03. The van der Waals surface area contributed by atoms with Crippen LogP contribution in [0.1, 0.15) is 23.5 Å². The molecule has 0 saturated carbocycles. The Balaban J connectivity index is 3.00. The van der Waals surface area contributed by atoms with Crippen LogP contribution in [0.4, 0.5) is 17.6 Å². The van der Waals surface area contributed by atoms with Crippen LogP contribution in [-0.4, -0.2) is 17.3 Å². The average Bonchev–Trinajstić information content (AvgIpc) is 2.24. The third-order valence-corrected chi connectivity index (χ3v) is 2.36. The summed E-state index contributed by atoms with van der Waals surface area (Å²) in [6, 6.07) is 4.71. The molecule has 2 nitrogen and oxygen atoms in total. The normalized spacial score (nSPS) is 13.1. The van der Waals surface area contributed by atoms with Gasteiger partial charge in [0, 0.05) is 5.56 Å². The fourth-order valence-electron chi connectivity index (χ4n) is 1.48. The van der Waals surface area contributed by atoms with Crippen LogP contribution in [0.2, 0.25) is 0 Å². The summed E-state index contributed by atoms with van der Waals surface area (Å²) in [5.41, 5.74) is 0.0831. The molecule has 1 rings (SSSR count). The lowest BCUT2D eigenvalue weighted by Crippen LogP contribution is -2.20. The van der Waals surface area contributed by atoms with Crippen LogP contribution in [0.5, 0.6) is 0 Å². The number of carboxylic acid groups (broad SMARTS) is 1. The Labute approximate surface area is 101 Å². The Hall–Kier alpha value is -1.85. The van der Waals surface area contributed by atoms with Gasteiger partial charge in [-0.15, -0.1) is 0 Å². The predicted octanol–water partition coefficient (Wildman–Crippen LogP) is 3.75. The highest BCUT2D eigenvalue weighted by Gasteiger charge is 2.36. The molecule has 0 aliphatic rings. The van der Waals surface area contributed by atoms with Crippen molar-refractivity contribution in [2.75, 3.05) is 0 Å². The fourth-order valence-corrected chi connectivity index (χ4v) is 1.48. The van der Waals surface area contributed by atoms with Gasteiger partial charge >= 0.3 is 12.1 Å². The van der Waals surface area contributed by atoms with E-state index in [1.165, 1.54) is 12.1 Å². The largest absolute Gasteiger partial charge is 0.481 e. The topological polar surface area (TPSA) is 37.3 Å². The van der Waals surface area contributed by atoms with Crippen molar-refractivity contribution >= 4 is 11.8 Å². The van der Waals surface area contributed by atoms with Gasteiger partial charge in [0.25, 0.3) is 0 Å². The van der Waals surface area contributed by atoms with E-state index in [4.69, 9.17) is 5.11 Å². The van der Waals surface area contributed by atoms with E-state index in [9.17, 15) is 22.4 Å². The average molecular weight is 262 g/mol. The van der Waals surface area contributed by atoms with Gasteiger partial charge in [0.05, 0.1) is 12.3 Å². The number of hydrogen-bond acceptors (Lipinski definition) is 1. The standard InChI is InChI=1S/C12H10F4O2/c1-7(13)8-2-4-9(5-3-8)10(11(17)18)6-12(14,15)16/h2-5,10H,1,6H2,(H,17,18). The van der Waals surface area contributed by atoms with E-state index in [1.807, 2.05) is 0 Å². The highest BCUT2D eigenvalue weighted by molar-refractivity contribution is 5.76. The number of carboxylic acids is 1. The van der Waals surface area contributed by atoms with E-state index in [1.54, 1.807) is 0 Å². The molecule has 0 aliphatic heterocycles. The second kappa shape index (κ2) is 5.20. The Morgan fingerprint density at radius 1 is 1.28 bits per heavy atom. The summed E-state index contributed by atoms with van der Waals surface area (Å²) >= 11 is 0. The Morgan fingerprint density at radius 2 is 1.78 bits per heavy atom. The lowest BCUT2D eigenvalue weighted by Gasteiger charge is -2.15. The van der Waals surface area contributed by atoms with Crippen molar-refractivity contribution in [3.8, 4) is 0 Å². The molecule has 18 heavy (non-hydrogen) atoms. The lowest BCUT2D eigenvalue weighted by molar-refractivity contribution is -0.157. The molecule has 0 saturated heterocycles. The molecule has 1 N–H and O–H groups in total. The number of alkyl halides is 3. The van der Waals surface area contributed by atoms with Gasteiger partial charge in [-0.3, -0.25) is 4.79 Å². The molecule has 98 valence electrons. The molecule has 0 bridgehead atoms. The molecule has 6 heteroatoms. The van der Waals surface area contributed by atoms with Gasteiger partial charge in [0.1, 0.15) is 5.83 Å². The summed E-state index contributed by atoms with van der Waals surface area (Å²) in [6.07, 6.45) is -6.04. The summed E-state index contributed by atoms with van der Waals surface area (Å²) < 4.78 is 49.4. The van der Waals surface area contributed by atoms with Gasteiger partial charge in [0.15, 0.2) is 0 Å². The first-order chi connectivity index (χ1) is 8.20. The zero-order valence-electron chi connectivity index (χ0n) is 9.17. The van der Waals surface area contributed by atoms with Gasteiger partial charge in [-0.25, -0.2) is 4.39 Å². The first-order valence-electron chi connectivity index (χ1n) is 4.95. The summed E-state index contributed by atoms with van der Waals surface area (Å²) in [5.74, 6) is -3.99. The number of benzene rings is 1. The van der Waals surface area contributed by atoms with Crippen LogP contribution in [0.15, 0.2) is 30.8 Å². The van der Waals surface area contributed by atoms with Gasteiger partial charge in [-0.05, 0) is 5.56 Å². The lowest BCUT2D eigenvalue weighted by atomic mass is 9.94. The molecular formula is C12H10F4O2. The van der Waals surface area contributed by atoms with Crippen LogP contribution in [0, 0.1) is 0 Å². The van der Waals surface area contributed by atoms with Gasteiger partial charge in [-0.2, -0.15) is 13.2 Å². The summed E-state index contributed by atoms with van der Waals surface area (Å²) in [4.78, 5) is 10.8. The molecule has 0 heterocycles. The first-order valence-corrected chi connectivity index (χ1v) is 4.95. The van der Waals surface area contributed by atoms with Crippen LogP contribution in [0.25, 0.3) is 5.83 Å². The highest BCUT2D eigenvalue weighted by Crippen LogP contribution is 2.32. The van der Waals surface area contributed by atoms with Crippen LogP contribution in [-0.2, 0) is 4.79 Å². The minimum Gasteiger partial charge on any atom is -0.481 e. The maximum absolute atomic E-state index is 12.7. The van der Waals surface area contributed by atoms with Crippen LogP contribution in [0.3, 0.4) is 0 Å². The van der Waals surface area contributed by atoms with E-state index in [2.05, 4.69) is 6.58 Å². The maximum atomic E-state index is 12.7. The fraction of sp³-hybridized carbons (Fsp3) is 0.250. The second-order valence-electron chi connectivity index (χ2n) is 3.74. The Bertz CT molecular complexity index is 448. The van der Waals surface area contributed by atoms with Crippen molar-refractivity contribution < 1.29 is 27.5 Å². The second-order valence-corrected chi connectivity index (χ2v) is 3.74. The highest BCUT2D eigenvalue weighted by atomic mass is 19.4. The molecule has 1 aromatic carbocycles. The number of aliphatic carboxylic acids is 1. The number of rotatable bonds is 4. The van der Waals surface area contributed by atoms with Crippen molar-refractivity contribution in [3.05, 3.63) is 42.0 Å². The first kappa shape index (κ1) is 14.2. The zero-order chi connectivity index (χ0) is 13.9. The van der Waals surface area contributed by atoms with Crippen molar-refractivity contribution in [2.24, 2.45) is 0 Å². The van der Waals surface area contributed by atoms with E-state index >= 15 is 0 Å². The quantitative estimate of drug-likeness (QED) is 0.839. The Morgan fingerprint density at radius 3 is 2.11 bits per heavy atom. The molecule has 0 fully saturated rings. The van der Waals surface area contributed by atoms with Gasteiger partial charge in [0.2, 0.25) is 0 Å². The SMILES string of the molecule is C=C(F)c1ccc(C(CC(F)(F)F)C(=O)O)cc1. The molecule has 0 aliphatic carbocycles. The third-order valence-electron chi connectivity index (χ3n) is 2.36. The van der Waals surface area contributed by atoms with E-state index in [0.717, 1.165) is 12.1 Å². The molecule has 0 amide bonds. The van der Waals surface area contributed by atoms with E-state index < -0.39 is 30.3 Å². The third kappa shape index (κ3) is 3.87. The van der Waals surface area contributed by atoms with Crippen molar-refractivity contribution in [1.82, 2.24) is 0 Å².